The normalized spacial score (nSPS) is 12.9. The van der Waals surface area contributed by atoms with Gasteiger partial charge in [0.15, 0.2) is 0 Å². The first kappa shape index (κ1) is 10.8. The second kappa shape index (κ2) is 4.01. The van der Waals surface area contributed by atoms with Crippen LogP contribution in [0.5, 0.6) is 0 Å². The van der Waals surface area contributed by atoms with Crippen molar-refractivity contribution < 1.29 is 9.53 Å². The summed E-state index contributed by atoms with van der Waals surface area (Å²) < 4.78 is 4.44. The lowest BCUT2D eigenvalue weighted by Gasteiger charge is -2.26. The van der Waals surface area contributed by atoms with Crippen LogP contribution >= 0.6 is 0 Å². The largest absolute Gasteiger partial charge is 0.453 e. The van der Waals surface area contributed by atoms with Crippen molar-refractivity contribution in [2.45, 2.75) is 26.8 Å². The van der Waals surface area contributed by atoms with Crippen molar-refractivity contribution in [1.29, 1.82) is 0 Å². The van der Waals surface area contributed by atoms with Gasteiger partial charge < -0.3 is 10.1 Å². The minimum atomic E-state index is -0.453. The van der Waals surface area contributed by atoms with E-state index in [1.54, 1.807) is 0 Å². The lowest BCUT2D eigenvalue weighted by atomic mass is 9.87. The van der Waals surface area contributed by atoms with Crippen molar-refractivity contribution in [2.24, 2.45) is 5.41 Å². The van der Waals surface area contributed by atoms with Crippen molar-refractivity contribution in [3.05, 3.63) is 0 Å². The molecule has 0 aromatic heterocycles. The van der Waals surface area contributed by atoms with Crippen LogP contribution in [-0.2, 0) is 4.74 Å². The Morgan fingerprint density at radius 2 is 2.17 bits per heavy atom. The minimum Gasteiger partial charge on any atom is -0.453 e. The monoisotopic (exact) mass is 169 g/mol. The van der Waals surface area contributed by atoms with Gasteiger partial charge in [-0.25, -0.2) is 4.79 Å². The number of hydrogen-bond acceptors (Lipinski definition) is 2. The van der Waals surface area contributed by atoms with Crippen LogP contribution < -0.4 is 5.32 Å². The zero-order valence-corrected chi connectivity index (χ0v) is 7.97. The topological polar surface area (TPSA) is 38.3 Å². The molecule has 3 heteroatoms. The summed E-state index contributed by atoms with van der Waals surface area (Å²) in [6, 6.07) is -0.102. The van der Waals surface area contributed by atoms with E-state index in [1.807, 2.05) is 20.8 Å². The minimum absolute atomic E-state index is 0.102. The van der Waals surface area contributed by atoms with Crippen molar-refractivity contribution in [3.8, 4) is 12.3 Å². The average Bonchev–Trinajstić information content (AvgIpc) is 2.04. The summed E-state index contributed by atoms with van der Waals surface area (Å²) in [5.74, 6) is 2.60. The third-order valence-electron chi connectivity index (χ3n) is 1.97. The number of terminal acetylenes is 1. The third-order valence-corrected chi connectivity index (χ3v) is 1.97. The summed E-state index contributed by atoms with van der Waals surface area (Å²) in [5, 5.41) is 2.62. The molecule has 1 atom stereocenters. The van der Waals surface area contributed by atoms with Gasteiger partial charge >= 0.3 is 6.09 Å². The highest BCUT2D eigenvalue weighted by molar-refractivity contribution is 5.67. The SMILES string of the molecule is C#CC(C)(C)C(C)NC(=O)OC. The number of carbonyl (C=O) groups excluding carboxylic acids is 1. The highest BCUT2D eigenvalue weighted by atomic mass is 16.5. The standard InChI is InChI=1S/C9H15NO2/c1-6-9(3,4)7(2)10-8(11)12-5/h1,7H,2-5H3,(H,10,11). The molecule has 0 heterocycles. The van der Waals surface area contributed by atoms with E-state index in [-0.39, 0.29) is 11.5 Å². The average molecular weight is 169 g/mol. The van der Waals surface area contributed by atoms with E-state index < -0.39 is 6.09 Å². The highest BCUT2D eigenvalue weighted by Crippen LogP contribution is 2.18. The first-order valence-corrected chi connectivity index (χ1v) is 3.76. The molecule has 0 bridgehead atoms. The van der Waals surface area contributed by atoms with Crippen LogP contribution in [0.25, 0.3) is 0 Å². The summed E-state index contributed by atoms with van der Waals surface area (Å²) in [5.41, 5.74) is -0.353. The fourth-order valence-corrected chi connectivity index (χ4v) is 0.541. The zero-order valence-electron chi connectivity index (χ0n) is 7.97. The Morgan fingerprint density at radius 3 is 2.50 bits per heavy atom. The maximum atomic E-state index is 10.8. The molecule has 0 saturated carbocycles. The van der Waals surface area contributed by atoms with E-state index in [2.05, 4.69) is 16.0 Å². The fraction of sp³-hybridized carbons (Fsp3) is 0.667. The molecule has 1 amide bonds. The van der Waals surface area contributed by atoms with Gasteiger partial charge in [-0.1, -0.05) is 5.92 Å². The number of amides is 1. The van der Waals surface area contributed by atoms with Crippen LogP contribution in [0.2, 0.25) is 0 Å². The van der Waals surface area contributed by atoms with Gasteiger partial charge in [0.05, 0.1) is 7.11 Å². The Balaban J connectivity index is 4.14. The third kappa shape index (κ3) is 2.83. The number of carbonyl (C=O) groups is 1. The molecule has 0 aromatic carbocycles. The first-order valence-electron chi connectivity index (χ1n) is 3.76. The molecule has 0 aliphatic carbocycles. The molecule has 0 radical (unpaired) electrons. The van der Waals surface area contributed by atoms with Crippen LogP contribution in [0.1, 0.15) is 20.8 Å². The van der Waals surface area contributed by atoms with Gasteiger partial charge in [0.1, 0.15) is 0 Å². The number of methoxy groups -OCH3 is 1. The van der Waals surface area contributed by atoms with Crippen LogP contribution in [-0.4, -0.2) is 19.2 Å². The van der Waals surface area contributed by atoms with Crippen LogP contribution in [0, 0.1) is 17.8 Å². The Labute approximate surface area is 73.5 Å². The number of rotatable bonds is 2. The fourth-order valence-electron chi connectivity index (χ4n) is 0.541. The highest BCUT2D eigenvalue weighted by Gasteiger charge is 2.24. The van der Waals surface area contributed by atoms with Gasteiger partial charge in [-0.15, -0.1) is 6.42 Å². The van der Waals surface area contributed by atoms with Crippen LogP contribution in [0.3, 0.4) is 0 Å². The molecule has 68 valence electrons. The molecule has 0 aliphatic heterocycles. The zero-order chi connectivity index (χ0) is 9.78. The molecule has 3 nitrogen and oxygen atoms in total. The first-order chi connectivity index (χ1) is 5.44. The predicted molar refractivity (Wildman–Crippen MR) is 47.6 cm³/mol. The molecule has 0 spiro atoms. The van der Waals surface area contributed by atoms with E-state index in [9.17, 15) is 4.79 Å². The van der Waals surface area contributed by atoms with Crippen LogP contribution in [0.4, 0.5) is 4.79 Å². The maximum Gasteiger partial charge on any atom is 0.407 e. The van der Waals surface area contributed by atoms with Gasteiger partial charge in [-0.05, 0) is 20.8 Å². The molecule has 0 aliphatic rings. The molecule has 0 rings (SSSR count). The van der Waals surface area contributed by atoms with Crippen molar-refractivity contribution in [3.63, 3.8) is 0 Å². The van der Waals surface area contributed by atoms with Gasteiger partial charge in [0.2, 0.25) is 0 Å². The Kier molecular flexibility index (Phi) is 3.62. The van der Waals surface area contributed by atoms with Gasteiger partial charge in [0.25, 0.3) is 0 Å². The molecular formula is C9H15NO2. The number of alkyl carbamates (subject to hydrolysis) is 1. The smallest absolute Gasteiger partial charge is 0.407 e. The van der Waals surface area contributed by atoms with Gasteiger partial charge in [0, 0.05) is 11.5 Å². The quantitative estimate of drug-likeness (QED) is 0.634. The maximum absolute atomic E-state index is 10.8. The molecule has 0 saturated heterocycles. The summed E-state index contributed by atoms with van der Waals surface area (Å²) in [4.78, 5) is 10.8. The number of nitrogens with one attached hydrogen (secondary N) is 1. The summed E-state index contributed by atoms with van der Waals surface area (Å²) in [6.45, 7) is 5.61. The predicted octanol–water partition coefficient (Wildman–Crippen LogP) is 1.39. The van der Waals surface area contributed by atoms with Crippen LogP contribution in [0.15, 0.2) is 0 Å². The molecule has 1 unspecified atom stereocenters. The Morgan fingerprint density at radius 1 is 1.67 bits per heavy atom. The van der Waals surface area contributed by atoms with Crippen molar-refractivity contribution >= 4 is 6.09 Å². The van der Waals surface area contributed by atoms with Gasteiger partial charge in [-0.3, -0.25) is 0 Å². The lowest BCUT2D eigenvalue weighted by molar-refractivity contribution is 0.160. The van der Waals surface area contributed by atoms with E-state index in [0.717, 1.165) is 0 Å². The molecule has 0 aromatic rings. The van der Waals surface area contributed by atoms with Gasteiger partial charge in [-0.2, -0.15) is 0 Å². The van der Waals surface area contributed by atoms with E-state index in [4.69, 9.17) is 6.42 Å². The number of ether oxygens (including phenoxy) is 1. The van der Waals surface area contributed by atoms with Crippen molar-refractivity contribution in [1.82, 2.24) is 5.32 Å². The van der Waals surface area contributed by atoms with E-state index in [0.29, 0.717) is 0 Å². The molecular weight excluding hydrogens is 154 g/mol. The summed E-state index contributed by atoms with van der Waals surface area (Å²) in [7, 11) is 1.32. The molecule has 1 N–H and O–H groups in total. The number of hydrogen-bond donors (Lipinski definition) is 1. The van der Waals surface area contributed by atoms with E-state index >= 15 is 0 Å². The van der Waals surface area contributed by atoms with E-state index in [1.165, 1.54) is 7.11 Å². The summed E-state index contributed by atoms with van der Waals surface area (Å²) >= 11 is 0. The Hall–Kier alpha value is -1.17. The summed E-state index contributed by atoms with van der Waals surface area (Å²) in [6.07, 6.45) is 4.83. The second-order valence-electron chi connectivity index (χ2n) is 3.22. The molecule has 0 fully saturated rings. The second-order valence-corrected chi connectivity index (χ2v) is 3.22. The van der Waals surface area contributed by atoms with Crippen molar-refractivity contribution in [2.75, 3.05) is 7.11 Å². The Bertz CT molecular complexity index is 203. The lowest BCUT2D eigenvalue weighted by Crippen LogP contribution is -2.42. The molecule has 12 heavy (non-hydrogen) atoms.